The highest BCUT2D eigenvalue weighted by Crippen LogP contribution is 2.26. The van der Waals surface area contributed by atoms with Gasteiger partial charge in [0.05, 0.1) is 0 Å². The zero-order valence-electron chi connectivity index (χ0n) is 8.26. The zero-order valence-corrected chi connectivity index (χ0v) is 8.26. The van der Waals surface area contributed by atoms with Gasteiger partial charge in [-0.1, -0.05) is 26.8 Å². The topological polar surface area (TPSA) is 17.1 Å². The van der Waals surface area contributed by atoms with Gasteiger partial charge in [0.1, 0.15) is 0 Å². The van der Waals surface area contributed by atoms with Gasteiger partial charge in [0.2, 0.25) is 0 Å². The highest BCUT2D eigenvalue weighted by atomic mass is 16.1. The van der Waals surface area contributed by atoms with Crippen molar-refractivity contribution in [3.05, 3.63) is 11.6 Å². The average molecular weight is 166 g/mol. The molecule has 12 heavy (non-hydrogen) atoms. The molecule has 1 atom stereocenters. The number of carbonyl (C=O) groups is 1. The summed E-state index contributed by atoms with van der Waals surface area (Å²) in [5, 5.41) is 0. The molecule has 1 saturated carbocycles. The summed E-state index contributed by atoms with van der Waals surface area (Å²) in [5.41, 5.74) is 1.07. The van der Waals surface area contributed by atoms with Crippen molar-refractivity contribution >= 4 is 5.78 Å². The first kappa shape index (κ1) is 9.50. The maximum absolute atomic E-state index is 11.4. The van der Waals surface area contributed by atoms with Crippen LogP contribution >= 0.6 is 0 Å². The number of hydrogen-bond acceptors (Lipinski definition) is 1. The molecule has 1 nitrogen and oxygen atoms in total. The number of rotatable bonds is 1. The Morgan fingerprint density at radius 1 is 1.50 bits per heavy atom. The molecule has 68 valence electrons. The Labute approximate surface area is 74.9 Å². The molecule has 1 unspecified atom stereocenters. The Bertz CT molecular complexity index is 201. The molecule has 0 heterocycles. The monoisotopic (exact) mass is 166 g/mol. The molecule has 0 aromatic rings. The standard InChI is InChI=1S/C11H18O/c1-8(2)6-10-7-9(3)4-5-11(10)12/h6,8-9H,4-5,7H2,1-3H3/b10-6+. The van der Waals surface area contributed by atoms with E-state index in [9.17, 15) is 4.79 Å². The van der Waals surface area contributed by atoms with Gasteiger partial charge >= 0.3 is 0 Å². The first-order valence-corrected chi connectivity index (χ1v) is 4.83. The van der Waals surface area contributed by atoms with Gasteiger partial charge < -0.3 is 0 Å². The highest BCUT2D eigenvalue weighted by molar-refractivity contribution is 5.96. The first-order valence-electron chi connectivity index (χ1n) is 4.83. The van der Waals surface area contributed by atoms with Crippen molar-refractivity contribution in [2.24, 2.45) is 11.8 Å². The van der Waals surface area contributed by atoms with Crippen LogP contribution in [-0.2, 0) is 4.79 Å². The number of carbonyl (C=O) groups excluding carboxylic acids is 1. The molecule has 1 rings (SSSR count). The maximum atomic E-state index is 11.4. The van der Waals surface area contributed by atoms with E-state index in [0.717, 1.165) is 24.8 Å². The fourth-order valence-corrected chi connectivity index (χ4v) is 1.69. The zero-order chi connectivity index (χ0) is 9.14. The summed E-state index contributed by atoms with van der Waals surface area (Å²) in [6.45, 7) is 6.47. The van der Waals surface area contributed by atoms with E-state index in [1.807, 2.05) is 0 Å². The van der Waals surface area contributed by atoms with Gasteiger partial charge in [0, 0.05) is 6.42 Å². The van der Waals surface area contributed by atoms with Gasteiger partial charge in [-0.05, 0) is 30.3 Å². The Morgan fingerprint density at radius 3 is 2.75 bits per heavy atom. The van der Waals surface area contributed by atoms with Crippen LogP contribution in [0.1, 0.15) is 40.0 Å². The van der Waals surface area contributed by atoms with Crippen molar-refractivity contribution in [1.82, 2.24) is 0 Å². The molecular weight excluding hydrogens is 148 g/mol. The van der Waals surface area contributed by atoms with Crippen LogP contribution in [0, 0.1) is 11.8 Å². The highest BCUT2D eigenvalue weighted by Gasteiger charge is 2.19. The minimum Gasteiger partial charge on any atom is -0.295 e. The SMILES string of the molecule is CC(C)/C=C1\CC(C)CCC1=O. The van der Waals surface area contributed by atoms with E-state index < -0.39 is 0 Å². The summed E-state index contributed by atoms with van der Waals surface area (Å²) in [6, 6.07) is 0. The Hall–Kier alpha value is -0.590. The van der Waals surface area contributed by atoms with Gasteiger partial charge in [-0.15, -0.1) is 0 Å². The van der Waals surface area contributed by atoms with Crippen LogP contribution in [0.4, 0.5) is 0 Å². The van der Waals surface area contributed by atoms with E-state index in [0.29, 0.717) is 17.6 Å². The van der Waals surface area contributed by atoms with Crippen molar-refractivity contribution < 1.29 is 4.79 Å². The second-order valence-corrected chi connectivity index (χ2v) is 4.21. The molecule has 1 aliphatic carbocycles. The molecule has 0 aliphatic heterocycles. The summed E-state index contributed by atoms with van der Waals surface area (Å²) in [5.74, 6) is 1.59. The van der Waals surface area contributed by atoms with E-state index >= 15 is 0 Å². The lowest BCUT2D eigenvalue weighted by molar-refractivity contribution is -0.117. The van der Waals surface area contributed by atoms with Gasteiger partial charge in [-0.25, -0.2) is 0 Å². The molecule has 1 aliphatic rings. The van der Waals surface area contributed by atoms with E-state index in [4.69, 9.17) is 0 Å². The van der Waals surface area contributed by atoms with Crippen LogP contribution in [0.25, 0.3) is 0 Å². The third-order valence-electron chi connectivity index (χ3n) is 2.33. The number of allylic oxidation sites excluding steroid dienone is 2. The van der Waals surface area contributed by atoms with Crippen molar-refractivity contribution in [2.45, 2.75) is 40.0 Å². The predicted molar refractivity (Wildman–Crippen MR) is 50.9 cm³/mol. The normalized spacial score (nSPS) is 28.5. The lowest BCUT2D eigenvalue weighted by Crippen LogP contribution is -2.15. The molecule has 1 fully saturated rings. The van der Waals surface area contributed by atoms with Crippen LogP contribution < -0.4 is 0 Å². The fourth-order valence-electron chi connectivity index (χ4n) is 1.69. The Morgan fingerprint density at radius 2 is 2.17 bits per heavy atom. The first-order chi connectivity index (χ1) is 5.59. The van der Waals surface area contributed by atoms with Crippen molar-refractivity contribution in [3.63, 3.8) is 0 Å². The van der Waals surface area contributed by atoms with Crippen molar-refractivity contribution in [3.8, 4) is 0 Å². The van der Waals surface area contributed by atoms with Crippen LogP contribution in [0.5, 0.6) is 0 Å². The molecule has 0 bridgehead atoms. The lowest BCUT2D eigenvalue weighted by atomic mass is 9.84. The van der Waals surface area contributed by atoms with E-state index in [1.165, 1.54) is 0 Å². The van der Waals surface area contributed by atoms with Gasteiger partial charge in [0.15, 0.2) is 5.78 Å². The summed E-state index contributed by atoms with van der Waals surface area (Å²) in [7, 11) is 0. The van der Waals surface area contributed by atoms with Crippen molar-refractivity contribution in [2.75, 3.05) is 0 Å². The predicted octanol–water partition coefficient (Wildman–Crippen LogP) is 2.96. The Balaban J connectivity index is 2.67. The molecule has 0 saturated heterocycles. The summed E-state index contributed by atoms with van der Waals surface area (Å²) in [6.07, 6.45) is 4.96. The molecule has 0 amide bonds. The van der Waals surface area contributed by atoms with Crippen LogP contribution in [0.2, 0.25) is 0 Å². The second kappa shape index (κ2) is 3.88. The number of hydrogen-bond donors (Lipinski definition) is 0. The van der Waals surface area contributed by atoms with Gasteiger partial charge in [-0.3, -0.25) is 4.79 Å². The van der Waals surface area contributed by atoms with Crippen LogP contribution in [0.3, 0.4) is 0 Å². The van der Waals surface area contributed by atoms with Crippen LogP contribution in [-0.4, -0.2) is 5.78 Å². The smallest absolute Gasteiger partial charge is 0.158 e. The van der Waals surface area contributed by atoms with Gasteiger partial charge in [0.25, 0.3) is 0 Å². The minimum absolute atomic E-state index is 0.377. The molecular formula is C11H18O. The summed E-state index contributed by atoms with van der Waals surface area (Å²) >= 11 is 0. The fraction of sp³-hybridized carbons (Fsp3) is 0.727. The molecule has 1 heteroatoms. The van der Waals surface area contributed by atoms with Crippen LogP contribution in [0.15, 0.2) is 11.6 Å². The third kappa shape index (κ3) is 2.47. The average Bonchev–Trinajstić information content (AvgIpc) is 1.96. The minimum atomic E-state index is 0.377. The number of Topliss-reactive ketones (excluding diaryl/α,β-unsaturated/α-hetero) is 1. The van der Waals surface area contributed by atoms with E-state index in [1.54, 1.807) is 0 Å². The van der Waals surface area contributed by atoms with E-state index in [-0.39, 0.29) is 0 Å². The summed E-state index contributed by atoms with van der Waals surface area (Å²) < 4.78 is 0. The third-order valence-corrected chi connectivity index (χ3v) is 2.33. The van der Waals surface area contributed by atoms with Gasteiger partial charge in [-0.2, -0.15) is 0 Å². The van der Waals surface area contributed by atoms with E-state index in [2.05, 4.69) is 26.8 Å². The maximum Gasteiger partial charge on any atom is 0.158 e. The van der Waals surface area contributed by atoms with Crippen molar-refractivity contribution in [1.29, 1.82) is 0 Å². The molecule has 0 radical (unpaired) electrons. The molecule has 0 spiro atoms. The Kier molecular flexibility index (Phi) is 3.07. The molecule has 0 aromatic heterocycles. The lowest BCUT2D eigenvalue weighted by Gasteiger charge is -2.19. The summed E-state index contributed by atoms with van der Waals surface area (Å²) in [4.78, 5) is 11.4. The molecule has 0 aromatic carbocycles. The quantitative estimate of drug-likeness (QED) is 0.547. The number of ketones is 1. The molecule has 0 N–H and O–H groups in total. The largest absolute Gasteiger partial charge is 0.295 e. The second-order valence-electron chi connectivity index (χ2n) is 4.21.